The molecule has 0 aromatic heterocycles. The molecule has 1 aliphatic rings. The smallest absolute Gasteiger partial charge is 0.310 e. The van der Waals surface area contributed by atoms with E-state index in [1.54, 1.807) is 0 Å². The van der Waals surface area contributed by atoms with E-state index in [1.165, 1.54) is 23.8 Å². The Labute approximate surface area is 150 Å². The van der Waals surface area contributed by atoms with Crippen LogP contribution in [0.3, 0.4) is 0 Å². The Bertz CT molecular complexity index is 711. The average molecular weight is 337 g/mol. The van der Waals surface area contributed by atoms with Crippen molar-refractivity contribution in [1.82, 2.24) is 4.90 Å². The highest BCUT2D eigenvalue weighted by atomic mass is 16.5. The lowest BCUT2D eigenvalue weighted by atomic mass is 9.87. The molecule has 0 N–H and O–H groups in total. The lowest BCUT2D eigenvalue weighted by Crippen LogP contribution is -2.24. The molecule has 132 valence electrons. The molecule has 1 heterocycles. The summed E-state index contributed by atoms with van der Waals surface area (Å²) in [6, 6.07) is 19.1. The molecule has 0 radical (unpaired) electrons. The van der Waals surface area contributed by atoms with Crippen molar-refractivity contribution >= 4 is 5.97 Å². The molecule has 2 aromatic rings. The van der Waals surface area contributed by atoms with Crippen molar-refractivity contribution in [2.45, 2.75) is 32.2 Å². The summed E-state index contributed by atoms with van der Waals surface area (Å²) < 4.78 is 5.10. The zero-order chi connectivity index (χ0) is 17.8. The Hall–Kier alpha value is -2.13. The van der Waals surface area contributed by atoms with Crippen molar-refractivity contribution in [3.05, 3.63) is 71.3 Å². The molecule has 0 amide bonds. The number of hydrogen-bond acceptors (Lipinski definition) is 3. The van der Waals surface area contributed by atoms with Gasteiger partial charge < -0.3 is 4.74 Å². The van der Waals surface area contributed by atoms with Crippen molar-refractivity contribution in [3.63, 3.8) is 0 Å². The van der Waals surface area contributed by atoms with Gasteiger partial charge in [-0.25, -0.2) is 0 Å². The van der Waals surface area contributed by atoms with Crippen LogP contribution in [-0.4, -0.2) is 31.1 Å². The minimum absolute atomic E-state index is 0.101. The van der Waals surface area contributed by atoms with Gasteiger partial charge in [0.15, 0.2) is 0 Å². The number of hydrogen-bond donors (Lipinski definition) is 0. The highest BCUT2D eigenvalue weighted by molar-refractivity contribution is 5.74. The van der Waals surface area contributed by atoms with Gasteiger partial charge in [-0.05, 0) is 22.6 Å². The first-order valence-electron chi connectivity index (χ1n) is 9.02. The molecular formula is C22H27NO2. The first-order chi connectivity index (χ1) is 12.1. The number of nitrogens with zero attached hydrogens (tertiary/aromatic N) is 1. The summed E-state index contributed by atoms with van der Waals surface area (Å²) in [4.78, 5) is 14.7. The second-order valence-electron chi connectivity index (χ2n) is 7.24. The van der Waals surface area contributed by atoms with Crippen molar-refractivity contribution in [2.24, 2.45) is 5.92 Å². The van der Waals surface area contributed by atoms with Gasteiger partial charge in [0.05, 0.1) is 13.0 Å². The number of carbonyl (C=O) groups is 1. The van der Waals surface area contributed by atoms with Crippen LogP contribution in [0.4, 0.5) is 0 Å². The van der Waals surface area contributed by atoms with E-state index in [1.807, 2.05) is 6.07 Å². The first kappa shape index (κ1) is 17.7. The molecule has 25 heavy (non-hydrogen) atoms. The zero-order valence-corrected chi connectivity index (χ0v) is 15.3. The maximum atomic E-state index is 12.4. The monoisotopic (exact) mass is 337 g/mol. The zero-order valence-electron chi connectivity index (χ0n) is 15.3. The van der Waals surface area contributed by atoms with Crippen molar-refractivity contribution in [3.8, 4) is 0 Å². The number of carbonyl (C=O) groups excluding carboxylic acids is 1. The van der Waals surface area contributed by atoms with Crippen LogP contribution in [0, 0.1) is 5.92 Å². The van der Waals surface area contributed by atoms with Crippen LogP contribution in [0.5, 0.6) is 0 Å². The predicted molar refractivity (Wildman–Crippen MR) is 100 cm³/mol. The number of esters is 1. The highest BCUT2D eigenvalue weighted by Gasteiger charge is 2.39. The summed E-state index contributed by atoms with van der Waals surface area (Å²) in [5.41, 5.74) is 3.85. The molecule has 0 spiro atoms. The normalized spacial score (nSPS) is 20.8. The van der Waals surface area contributed by atoms with Crippen LogP contribution >= 0.6 is 0 Å². The Kier molecular flexibility index (Phi) is 5.54. The fourth-order valence-electron chi connectivity index (χ4n) is 3.73. The van der Waals surface area contributed by atoms with Crippen molar-refractivity contribution < 1.29 is 9.53 Å². The van der Waals surface area contributed by atoms with Crippen molar-refractivity contribution in [1.29, 1.82) is 0 Å². The number of likely N-dealkylation sites (tertiary alicyclic amines) is 1. The Morgan fingerprint density at radius 2 is 1.88 bits per heavy atom. The van der Waals surface area contributed by atoms with Crippen LogP contribution in [0.25, 0.3) is 0 Å². The van der Waals surface area contributed by atoms with E-state index in [0.29, 0.717) is 5.92 Å². The van der Waals surface area contributed by atoms with Crippen molar-refractivity contribution in [2.75, 3.05) is 20.2 Å². The Morgan fingerprint density at radius 3 is 2.56 bits per heavy atom. The largest absolute Gasteiger partial charge is 0.469 e. The van der Waals surface area contributed by atoms with E-state index in [0.717, 1.165) is 19.6 Å². The number of methoxy groups -OCH3 is 1. The third-order valence-electron chi connectivity index (χ3n) is 5.15. The lowest BCUT2D eigenvalue weighted by Gasteiger charge is -2.18. The van der Waals surface area contributed by atoms with Crippen LogP contribution < -0.4 is 0 Å². The summed E-state index contributed by atoms with van der Waals surface area (Å²) in [6.45, 7) is 6.91. The minimum Gasteiger partial charge on any atom is -0.469 e. The summed E-state index contributed by atoms with van der Waals surface area (Å²) in [6.07, 6.45) is 0. The van der Waals surface area contributed by atoms with E-state index >= 15 is 0 Å². The van der Waals surface area contributed by atoms with Gasteiger partial charge in [0.1, 0.15) is 0 Å². The van der Waals surface area contributed by atoms with Gasteiger partial charge in [0, 0.05) is 25.6 Å². The molecule has 1 aliphatic heterocycles. The third kappa shape index (κ3) is 4.10. The van der Waals surface area contributed by atoms with E-state index in [2.05, 4.69) is 67.3 Å². The molecule has 1 saturated heterocycles. The highest BCUT2D eigenvalue weighted by Crippen LogP contribution is 2.35. The Morgan fingerprint density at radius 1 is 1.12 bits per heavy atom. The number of rotatable bonds is 5. The molecule has 0 aliphatic carbocycles. The number of ether oxygens (including phenoxy) is 1. The van der Waals surface area contributed by atoms with E-state index in [-0.39, 0.29) is 17.8 Å². The minimum atomic E-state index is -0.101. The standard InChI is InChI=1S/C22H27NO2/c1-16(2)18-10-7-11-19(12-18)20-14-23(15-21(20)22(24)25-3)13-17-8-5-4-6-9-17/h4-12,16,20-21H,13-15H2,1-3H3/t20?,21-/m0/s1. The van der Waals surface area contributed by atoms with E-state index in [9.17, 15) is 4.79 Å². The summed E-state index contributed by atoms with van der Waals surface area (Å²) >= 11 is 0. The van der Waals surface area contributed by atoms with Crippen LogP contribution in [0.1, 0.15) is 42.4 Å². The topological polar surface area (TPSA) is 29.5 Å². The first-order valence-corrected chi connectivity index (χ1v) is 9.02. The van der Waals surface area contributed by atoms with E-state index < -0.39 is 0 Å². The summed E-state index contributed by atoms with van der Waals surface area (Å²) in [7, 11) is 1.49. The quantitative estimate of drug-likeness (QED) is 0.766. The molecule has 0 bridgehead atoms. The molecule has 2 atom stereocenters. The van der Waals surface area contributed by atoms with Crippen LogP contribution in [0.15, 0.2) is 54.6 Å². The van der Waals surface area contributed by atoms with Gasteiger partial charge in [-0.2, -0.15) is 0 Å². The van der Waals surface area contributed by atoms with Gasteiger partial charge in [-0.3, -0.25) is 9.69 Å². The van der Waals surface area contributed by atoms with Crippen LogP contribution in [-0.2, 0) is 16.1 Å². The Balaban J connectivity index is 1.83. The molecular weight excluding hydrogens is 310 g/mol. The van der Waals surface area contributed by atoms with Crippen LogP contribution in [0.2, 0.25) is 0 Å². The fourth-order valence-corrected chi connectivity index (χ4v) is 3.73. The molecule has 3 nitrogen and oxygen atoms in total. The SMILES string of the molecule is COC(=O)[C@H]1CN(Cc2ccccc2)CC1c1cccc(C(C)C)c1. The lowest BCUT2D eigenvalue weighted by molar-refractivity contribution is -0.145. The molecule has 1 fully saturated rings. The van der Waals surface area contributed by atoms with Gasteiger partial charge in [0.2, 0.25) is 0 Å². The predicted octanol–water partition coefficient (Wildman–Crippen LogP) is 4.20. The van der Waals surface area contributed by atoms with Gasteiger partial charge in [0.25, 0.3) is 0 Å². The maximum Gasteiger partial charge on any atom is 0.310 e. The van der Waals surface area contributed by atoms with Gasteiger partial charge in [-0.1, -0.05) is 68.4 Å². The average Bonchev–Trinajstić information content (AvgIpc) is 3.06. The second kappa shape index (κ2) is 7.83. The second-order valence-corrected chi connectivity index (χ2v) is 7.24. The van der Waals surface area contributed by atoms with E-state index in [4.69, 9.17) is 4.74 Å². The number of benzene rings is 2. The maximum absolute atomic E-state index is 12.4. The fraction of sp³-hybridized carbons (Fsp3) is 0.409. The molecule has 0 saturated carbocycles. The van der Waals surface area contributed by atoms with Gasteiger partial charge in [-0.15, -0.1) is 0 Å². The third-order valence-corrected chi connectivity index (χ3v) is 5.15. The van der Waals surface area contributed by atoms with Gasteiger partial charge >= 0.3 is 5.97 Å². The summed E-state index contributed by atoms with van der Waals surface area (Å²) in [5, 5.41) is 0. The summed E-state index contributed by atoms with van der Waals surface area (Å²) in [5.74, 6) is 0.472. The molecule has 3 rings (SSSR count). The molecule has 2 aromatic carbocycles. The molecule has 3 heteroatoms. The molecule has 1 unspecified atom stereocenters.